The minimum atomic E-state index is 0.0258. The highest BCUT2D eigenvalue weighted by atomic mass is 16.5. The smallest absolute Gasteiger partial charge is 0.228 e. The predicted molar refractivity (Wildman–Crippen MR) is 79.7 cm³/mol. The Bertz CT molecular complexity index is 642. The van der Waals surface area contributed by atoms with E-state index in [4.69, 9.17) is 9.47 Å². The van der Waals surface area contributed by atoms with Gasteiger partial charge in [0.25, 0.3) is 0 Å². The molecule has 0 radical (unpaired) electrons. The average molecular weight is 299 g/mol. The van der Waals surface area contributed by atoms with Gasteiger partial charge in [-0.3, -0.25) is 14.8 Å². The zero-order valence-corrected chi connectivity index (χ0v) is 12.3. The van der Waals surface area contributed by atoms with E-state index in [1.54, 1.807) is 30.6 Å². The van der Waals surface area contributed by atoms with Crippen LogP contribution in [0.25, 0.3) is 0 Å². The SMILES string of the molecule is COc1cccc(OC2CN(C(=O)Cc3cnccn3)C2)c1. The fourth-order valence-electron chi connectivity index (χ4n) is 2.27. The van der Waals surface area contributed by atoms with Crippen molar-refractivity contribution in [2.75, 3.05) is 20.2 Å². The van der Waals surface area contributed by atoms with Crippen LogP contribution in [0, 0.1) is 0 Å². The number of likely N-dealkylation sites (tertiary alicyclic amines) is 1. The van der Waals surface area contributed by atoms with Crippen molar-refractivity contribution in [3.63, 3.8) is 0 Å². The van der Waals surface area contributed by atoms with Crippen LogP contribution in [0.2, 0.25) is 0 Å². The molecular weight excluding hydrogens is 282 g/mol. The Balaban J connectivity index is 1.48. The molecule has 2 heterocycles. The van der Waals surface area contributed by atoms with Crippen molar-refractivity contribution in [2.24, 2.45) is 0 Å². The Morgan fingerprint density at radius 2 is 2.14 bits per heavy atom. The summed E-state index contributed by atoms with van der Waals surface area (Å²) in [6, 6.07) is 7.46. The van der Waals surface area contributed by atoms with Crippen LogP contribution < -0.4 is 9.47 Å². The van der Waals surface area contributed by atoms with Crippen molar-refractivity contribution in [1.82, 2.24) is 14.9 Å². The zero-order chi connectivity index (χ0) is 15.4. The maximum Gasteiger partial charge on any atom is 0.228 e. The summed E-state index contributed by atoms with van der Waals surface area (Å²) in [6.45, 7) is 1.19. The predicted octanol–water partition coefficient (Wildman–Crippen LogP) is 1.32. The normalized spacial score (nSPS) is 14.3. The number of hydrogen-bond acceptors (Lipinski definition) is 5. The highest BCUT2D eigenvalue weighted by Crippen LogP contribution is 2.23. The summed E-state index contributed by atoms with van der Waals surface area (Å²) in [6.07, 6.45) is 5.10. The van der Waals surface area contributed by atoms with Gasteiger partial charge in [-0.15, -0.1) is 0 Å². The minimum absolute atomic E-state index is 0.0258. The van der Waals surface area contributed by atoms with E-state index in [1.807, 2.05) is 24.3 Å². The molecule has 1 aromatic carbocycles. The molecule has 0 atom stereocenters. The highest BCUT2D eigenvalue weighted by Gasteiger charge is 2.32. The summed E-state index contributed by atoms with van der Waals surface area (Å²) in [5, 5.41) is 0. The van der Waals surface area contributed by atoms with Gasteiger partial charge in [-0.1, -0.05) is 6.07 Å². The van der Waals surface area contributed by atoms with E-state index in [-0.39, 0.29) is 18.4 Å². The number of ether oxygens (including phenoxy) is 2. The second-order valence-electron chi connectivity index (χ2n) is 5.09. The molecule has 3 rings (SSSR count). The summed E-state index contributed by atoms with van der Waals surface area (Å²) < 4.78 is 11.0. The molecule has 1 amide bonds. The molecule has 22 heavy (non-hydrogen) atoms. The number of rotatable bonds is 5. The van der Waals surface area contributed by atoms with E-state index >= 15 is 0 Å². The van der Waals surface area contributed by atoms with Crippen molar-refractivity contribution in [3.8, 4) is 11.5 Å². The van der Waals surface area contributed by atoms with Crippen LogP contribution in [0.4, 0.5) is 0 Å². The molecule has 6 heteroatoms. The lowest BCUT2D eigenvalue weighted by Crippen LogP contribution is -2.56. The molecule has 0 bridgehead atoms. The molecule has 1 aromatic heterocycles. The molecule has 0 N–H and O–H groups in total. The van der Waals surface area contributed by atoms with Gasteiger partial charge < -0.3 is 14.4 Å². The Morgan fingerprint density at radius 3 is 2.86 bits per heavy atom. The molecule has 6 nitrogen and oxygen atoms in total. The molecule has 2 aromatic rings. The Hall–Kier alpha value is -2.63. The Labute approximate surface area is 128 Å². The third-order valence-electron chi connectivity index (χ3n) is 3.49. The van der Waals surface area contributed by atoms with Crippen LogP contribution in [0.5, 0.6) is 11.5 Å². The van der Waals surface area contributed by atoms with Gasteiger partial charge in [-0.25, -0.2) is 0 Å². The van der Waals surface area contributed by atoms with Crippen LogP contribution in [0.3, 0.4) is 0 Å². The van der Waals surface area contributed by atoms with Gasteiger partial charge in [0.1, 0.15) is 17.6 Å². The highest BCUT2D eigenvalue weighted by molar-refractivity contribution is 5.79. The maximum absolute atomic E-state index is 12.1. The van der Waals surface area contributed by atoms with E-state index < -0.39 is 0 Å². The monoisotopic (exact) mass is 299 g/mol. The molecule has 1 saturated heterocycles. The Morgan fingerprint density at radius 1 is 1.32 bits per heavy atom. The molecule has 114 valence electrons. The standard InChI is InChI=1S/C16H17N3O3/c1-21-13-3-2-4-14(8-13)22-15-10-19(11-15)16(20)7-12-9-17-5-6-18-12/h2-6,8-9,15H,7,10-11H2,1H3. The number of carbonyl (C=O) groups is 1. The lowest BCUT2D eigenvalue weighted by molar-refractivity contribution is -0.139. The molecule has 0 saturated carbocycles. The Kier molecular flexibility index (Phi) is 4.18. The number of hydrogen-bond donors (Lipinski definition) is 0. The fourth-order valence-corrected chi connectivity index (χ4v) is 2.27. The van der Waals surface area contributed by atoms with Crippen LogP contribution >= 0.6 is 0 Å². The number of benzene rings is 1. The molecule has 1 aliphatic rings. The second-order valence-corrected chi connectivity index (χ2v) is 5.09. The van der Waals surface area contributed by atoms with E-state index in [2.05, 4.69) is 9.97 Å². The maximum atomic E-state index is 12.1. The van der Waals surface area contributed by atoms with E-state index in [0.717, 1.165) is 11.5 Å². The van der Waals surface area contributed by atoms with Gasteiger partial charge in [0.05, 0.1) is 32.3 Å². The van der Waals surface area contributed by atoms with Gasteiger partial charge in [0, 0.05) is 24.7 Å². The van der Waals surface area contributed by atoms with Crippen molar-refractivity contribution in [2.45, 2.75) is 12.5 Å². The number of carbonyl (C=O) groups excluding carboxylic acids is 1. The van der Waals surface area contributed by atoms with Crippen molar-refractivity contribution in [3.05, 3.63) is 48.5 Å². The van der Waals surface area contributed by atoms with Crippen LogP contribution in [-0.4, -0.2) is 47.1 Å². The van der Waals surface area contributed by atoms with E-state index in [9.17, 15) is 4.79 Å². The molecular formula is C16H17N3O3. The van der Waals surface area contributed by atoms with Crippen LogP contribution in [0.15, 0.2) is 42.9 Å². The third-order valence-corrected chi connectivity index (χ3v) is 3.49. The third kappa shape index (κ3) is 3.33. The molecule has 1 fully saturated rings. The lowest BCUT2D eigenvalue weighted by Gasteiger charge is -2.39. The van der Waals surface area contributed by atoms with Crippen LogP contribution in [-0.2, 0) is 11.2 Å². The van der Waals surface area contributed by atoms with Crippen molar-refractivity contribution in [1.29, 1.82) is 0 Å². The van der Waals surface area contributed by atoms with Crippen LogP contribution in [0.1, 0.15) is 5.69 Å². The van der Waals surface area contributed by atoms with Gasteiger partial charge in [-0.2, -0.15) is 0 Å². The van der Waals surface area contributed by atoms with Gasteiger partial charge >= 0.3 is 0 Å². The van der Waals surface area contributed by atoms with Crippen molar-refractivity contribution >= 4 is 5.91 Å². The van der Waals surface area contributed by atoms with E-state index in [0.29, 0.717) is 18.8 Å². The molecule has 0 aliphatic carbocycles. The summed E-state index contributed by atoms with van der Waals surface area (Å²) >= 11 is 0. The van der Waals surface area contributed by atoms with Gasteiger partial charge in [0.2, 0.25) is 5.91 Å². The largest absolute Gasteiger partial charge is 0.497 e. The average Bonchev–Trinajstić information content (AvgIpc) is 2.51. The summed E-state index contributed by atoms with van der Waals surface area (Å²) in [5.74, 6) is 1.56. The first-order valence-electron chi connectivity index (χ1n) is 7.08. The molecule has 0 unspecified atom stereocenters. The summed E-state index contributed by atoms with van der Waals surface area (Å²) in [5.41, 5.74) is 0.685. The van der Waals surface area contributed by atoms with Gasteiger partial charge in [0.15, 0.2) is 0 Å². The van der Waals surface area contributed by atoms with Gasteiger partial charge in [-0.05, 0) is 12.1 Å². The number of nitrogens with zero attached hydrogens (tertiary/aromatic N) is 3. The fraction of sp³-hybridized carbons (Fsp3) is 0.312. The number of amides is 1. The first-order valence-corrected chi connectivity index (χ1v) is 7.08. The second kappa shape index (κ2) is 6.43. The summed E-state index contributed by atoms with van der Waals surface area (Å²) in [4.78, 5) is 21.9. The van der Waals surface area contributed by atoms with Crippen molar-refractivity contribution < 1.29 is 14.3 Å². The molecule has 1 aliphatic heterocycles. The quantitative estimate of drug-likeness (QED) is 0.833. The topological polar surface area (TPSA) is 64.6 Å². The zero-order valence-electron chi connectivity index (χ0n) is 12.3. The first-order chi connectivity index (χ1) is 10.7. The summed E-state index contributed by atoms with van der Waals surface area (Å²) in [7, 11) is 1.62. The number of methoxy groups -OCH3 is 1. The first kappa shape index (κ1) is 14.3. The van der Waals surface area contributed by atoms with E-state index in [1.165, 1.54) is 0 Å². The number of aromatic nitrogens is 2. The molecule has 0 spiro atoms. The lowest BCUT2D eigenvalue weighted by atomic mass is 10.1. The minimum Gasteiger partial charge on any atom is -0.497 e.